The fourth-order valence-corrected chi connectivity index (χ4v) is 2.85. The van der Waals surface area contributed by atoms with Crippen molar-refractivity contribution >= 4 is 29.0 Å². The molecule has 0 aromatic heterocycles. The third kappa shape index (κ3) is 3.92. The van der Waals surface area contributed by atoms with Crippen LogP contribution in [0.2, 0.25) is 5.02 Å². The van der Waals surface area contributed by atoms with Crippen molar-refractivity contribution in [2.45, 2.75) is 0 Å². The summed E-state index contributed by atoms with van der Waals surface area (Å²) in [6, 6.07) is 15.1. The molecule has 5 nitrogen and oxygen atoms in total. The summed E-state index contributed by atoms with van der Waals surface area (Å²) in [5.74, 6) is 0.723. The fraction of sp³-hybridized carbons (Fsp3) is 0.278. The first kappa shape index (κ1) is 16.5. The molecule has 1 saturated heterocycles. The first-order chi connectivity index (χ1) is 11.7. The molecule has 0 radical (unpaired) electrons. The second-order valence-electron chi connectivity index (χ2n) is 5.61. The minimum Gasteiger partial charge on any atom is -0.497 e. The largest absolute Gasteiger partial charge is 0.497 e. The van der Waals surface area contributed by atoms with Gasteiger partial charge in [0.05, 0.1) is 7.11 Å². The van der Waals surface area contributed by atoms with Crippen LogP contribution in [0.25, 0.3) is 0 Å². The van der Waals surface area contributed by atoms with Crippen molar-refractivity contribution < 1.29 is 9.53 Å². The van der Waals surface area contributed by atoms with Gasteiger partial charge in [-0.1, -0.05) is 17.7 Å². The summed E-state index contributed by atoms with van der Waals surface area (Å²) in [5, 5.41) is 3.65. The molecule has 1 fully saturated rings. The number of methoxy groups -OCH3 is 1. The van der Waals surface area contributed by atoms with E-state index < -0.39 is 0 Å². The van der Waals surface area contributed by atoms with Crippen LogP contribution >= 0.6 is 11.6 Å². The number of hydrogen-bond donors (Lipinski definition) is 1. The van der Waals surface area contributed by atoms with Gasteiger partial charge in [0.25, 0.3) is 0 Å². The monoisotopic (exact) mass is 345 g/mol. The van der Waals surface area contributed by atoms with Gasteiger partial charge >= 0.3 is 6.03 Å². The zero-order valence-corrected chi connectivity index (χ0v) is 14.3. The Morgan fingerprint density at radius 2 is 1.79 bits per heavy atom. The van der Waals surface area contributed by atoms with Crippen molar-refractivity contribution in [2.24, 2.45) is 0 Å². The topological polar surface area (TPSA) is 44.8 Å². The maximum Gasteiger partial charge on any atom is 0.321 e. The number of nitrogens with zero attached hydrogens (tertiary/aromatic N) is 2. The molecule has 6 heteroatoms. The molecule has 1 heterocycles. The van der Waals surface area contributed by atoms with E-state index in [0.29, 0.717) is 13.1 Å². The van der Waals surface area contributed by atoms with Crippen molar-refractivity contribution in [1.29, 1.82) is 0 Å². The van der Waals surface area contributed by atoms with Crippen molar-refractivity contribution in [3.63, 3.8) is 0 Å². The number of carbonyl (C=O) groups excluding carboxylic acids is 1. The zero-order chi connectivity index (χ0) is 16.9. The normalized spacial score (nSPS) is 14.4. The summed E-state index contributed by atoms with van der Waals surface area (Å²) in [5.41, 5.74) is 1.87. The molecule has 1 N–H and O–H groups in total. The van der Waals surface area contributed by atoms with Gasteiger partial charge in [0.1, 0.15) is 5.75 Å². The number of hydrogen-bond acceptors (Lipinski definition) is 3. The van der Waals surface area contributed by atoms with Crippen LogP contribution in [0.15, 0.2) is 48.5 Å². The number of rotatable bonds is 3. The van der Waals surface area contributed by atoms with Gasteiger partial charge in [-0.25, -0.2) is 4.79 Å². The number of ether oxygens (including phenoxy) is 1. The molecule has 0 aliphatic carbocycles. The van der Waals surface area contributed by atoms with Gasteiger partial charge in [-0.3, -0.25) is 0 Å². The van der Waals surface area contributed by atoms with E-state index in [1.165, 1.54) is 0 Å². The Morgan fingerprint density at radius 1 is 1.08 bits per heavy atom. The van der Waals surface area contributed by atoms with Crippen molar-refractivity contribution in [3.8, 4) is 5.75 Å². The Balaban J connectivity index is 1.55. The summed E-state index contributed by atoms with van der Waals surface area (Å²) in [6.07, 6.45) is 0. The van der Waals surface area contributed by atoms with Gasteiger partial charge < -0.3 is 19.9 Å². The molecule has 2 amide bonds. The number of halogens is 1. The SMILES string of the molecule is COc1cccc(NC(=O)N2CCN(c3ccc(Cl)cc3)CC2)c1. The van der Waals surface area contributed by atoms with E-state index in [4.69, 9.17) is 16.3 Å². The van der Waals surface area contributed by atoms with Gasteiger partial charge in [0.2, 0.25) is 0 Å². The first-order valence-corrected chi connectivity index (χ1v) is 8.24. The van der Waals surface area contributed by atoms with Crippen LogP contribution in [0, 0.1) is 0 Å². The predicted molar refractivity (Wildman–Crippen MR) is 97.3 cm³/mol. The average Bonchev–Trinajstić information content (AvgIpc) is 2.62. The third-order valence-electron chi connectivity index (χ3n) is 4.08. The number of piperazine rings is 1. The molecule has 0 bridgehead atoms. The number of anilines is 2. The standard InChI is InChI=1S/C18H20ClN3O2/c1-24-17-4-2-3-15(13-17)20-18(23)22-11-9-21(10-12-22)16-7-5-14(19)6-8-16/h2-8,13H,9-12H2,1H3,(H,20,23). The molecule has 0 spiro atoms. The lowest BCUT2D eigenvalue weighted by atomic mass is 10.2. The minimum absolute atomic E-state index is 0.0843. The summed E-state index contributed by atoms with van der Waals surface area (Å²) >= 11 is 5.93. The minimum atomic E-state index is -0.0843. The predicted octanol–water partition coefficient (Wildman–Crippen LogP) is 3.70. The lowest BCUT2D eigenvalue weighted by Gasteiger charge is -2.36. The Morgan fingerprint density at radius 3 is 2.46 bits per heavy atom. The highest BCUT2D eigenvalue weighted by Gasteiger charge is 2.21. The van der Waals surface area contributed by atoms with Crippen LogP contribution in [0.3, 0.4) is 0 Å². The lowest BCUT2D eigenvalue weighted by Crippen LogP contribution is -2.50. The maximum atomic E-state index is 12.4. The number of nitrogens with one attached hydrogen (secondary N) is 1. The van der Waals surface area contributed by atoms with Crippen LogP contribution in [-0.2, 0) is 0 Å². The van der Waals surface area contributed by atoms with Crippen molar-refractivity contribution in [3.05, 3.63) is 53.6 Å². The molecule has 126 valence electrons. The van der Waals surface area contributed by atoms with Gasteiger partial charge in [-0.2, -0.15) is 0 Å². The Kier molecular flexibility index (Phi) is 5.11. The highest BCUT2D eigenvalue weighted by Crippen LogP contribution is 2.20. The quantitative estimate of drug-likeness (QED) is 0.922. The summed E-state index contributed by atoms with van der Waals surface area (Å²) in [7, 11) is 1.61. The average molecular weight is 346 g/mol. The Bertz CT molecular complexity index is 698. The summed E-state index contributed by atoms with van der Waals surface area (Å²) in [4.78, 5) is 16.5. The zero-order valence-electron chi connectivity index (χ0n) is 13.5. The van der Waals surface area contributed by atoms with E-state index in [2.05, 4.69) is 10.2 Å². The molecular weight excluding hydrogens is 326 g/mol. The molecule has 1 aliphatic rings. The first-order valence-electron chi connectivity index (χ1n) is 7.86. The van der Waals surface area contributed by atoms with E-state index in [9.17, 15) is 4.79 Å². The molecular formula is C18H20ClN3O2. The smallest absolute Gasteiger partial charge is 0.321 e. The van der Waals surface area contributed by atoms with Gasteiger partial charge in [0.15, 0.2) is 0 Å². The number of carbonyl (C=O) groups is 1. The van der Waals surface area contributed by atoms with E-state index in [1.807, 2.05) is 53.4 Å². The molecule has 0 unspecified atom stereocenters. The van der Waals surface area contributed by atoms with Gasteiger partial charge in [0, 0.05) is 48.6 Å². The maximum absolute atomic E-state index is 12.4. The van der Waals surface area contributed by atoms with Crippen LogP contribution in [-0.4, -0.2) is 44.2 Å². The highest BCUT2D eigenvalue weighted by atomic mass is 35.5. The van der Waals surface area contributed by atoms with Gasteiger partial charge in [-0.15, -0.1) is 0 Å². The molecule has 1 aliphatic heterocycles. The Labute approximate surface area is 146 Å². The third-order valence-corrected chi connectivity index (χ3v) is 4.33. The number of amides is 2. The molecule has 2 aromatic rings. The van der Waals surface area contributed by atoms with Crippen LogP contribution in [0.1, 0.15) is 0 Å². The number of benzene rings is 2. The van der Waals surface area contributed by atoms with Crippen LogP contribution in [0.4, 0.5) is 16.2 Å². The van der Waals surface area contributed by atoms with E-state index in [-0.39, 0.29) is 6.03 Å². The summed E-state index contributed by atoms with van der Waals surface area (Å²) < 4.78 is 5.17. The van der Waals surface area contributed by atoms with Crippen molar-refractivity contribution in [1.82, 2.24) is 4.90 Å². The van der Waals surface area contributed by atoms with E-state index >= 15 is 0 Å². The molecule has 24 heavy (non-hydrogen) atoms. The second kappa shape index (κ2) is 7.45. The van der Waals surface area contributed by atoms with Crippen LogP contribution < -0.4 is 15.0 Å². The highest BCUT2D eigenvalue weighted by molar-refractivity contribution is 6.30. The lowest BCUT2D eigenvalue weighted by molar-refractivity contribution is 0.208. The van der Waals surface area contributed by atoms with Gasteiger partial charge in [-0.05, 0) is 36.4 Å². The molecule has 2 aromatic carbocycles. The Hall–Kier alpha value is -2.40. The number of urea groups is 1. The fourth-order valence-electron chi connectivity index (χ4n) is 2.72. The van der Waals surface area contributed by atoms with Crippen molar-refractivity contribution in [2.75, 3.05) is 43.5 Å². The summed E-state index contributed by atoms with van der Waals surface area (Å²) in [6.45, 7) is 2.96. The van der Waals surface area contributed by atoms with E-state index in [0.717, 1.165) is 35.2 Å². The van der Waals surface area contributed by atoms with E-state index in [1.54, 1.807) is 7.11 Å². The molecule has 0 atom stereocenters. The molecule has 0 saturated carbocycles. The molecule has 3 rings (SSSR count). The van der Waals surface area contributed by atoms with Crippen LogP contribution in [0.5, 0.6) is 5.75 Å². The second-order valence-corrected chi connectivity index (χ2v) is 6.05.